The zero-order valence-electron chi connectivity index (χ0n) is 12.7. The highest BCUT2D eigenvalue weighted by Gasteiger charge is 2.43. The van der Waals surface area contributed by atoms with Crippen LogP contribution in [0.5, 0.6) is 0 Å². The van der Waals surface area contributed by atoms with Gasteiger partial charge < -0.3 is 10.4 Å². The van der Waals surface area contributed by atoms with E-state index in [1.165, 1.54) is 11.3 Å². The first-order valence-corrected chi connectivity index (χ1v) is 8.52. The number of rotatable bonds is 4. The van der Waals surface area contributed by atoms with Gasteiger partial charge in [-0.2, -0.15) is 0 Å². The molecule has 0 aliphatic heterocycles. The number of aromatic nitrogens is 1. The minimum absolute atomic E-state index is 0.0238. The summed E-state index contributed by atoms with van der Waals surface area (Å²) in [7, 11) is 0. The van der Waals surface area contributed by atoms with Crippen LogP contribution >= 0.6 is 11.3 Å². The first-order valence-electron chi connectivity index (χ1n) is 7.70. The molecule has 3 aromatic rings. The van der Waals surface area contributed by atoms with E-state index >= 15 is 0 Å². The zero-order chi connectivity index (χ0) is 16.7. The minimum Gasteiger partial charge on any atom is -0.392 e. The maximum Gasteiger partial charge on any atom is 0.232 e. The molecule has 2 atom stereocenters. The Morgan fingerprint density at radius 3 is 2.88 bits per heavy atom. The van der Waals surface area contributed by atoms with Crippen LogP contribution in [-0.2, 0) is 11.4 Å². The SMILES string of the molecule is O=C(Nc1nc2ccc(-c3ccccc3CO)cc2s1)C1CC1F. The fourth-order valence-corrected chi connectivity index (χ4v) is 3.63. The first-order chi connectivity index (χ1) is 11.7. The number of carbonyl (C=O) groups excluding carboxylic acids is 1. The minimum atomic E-state index is -1.01. The topological polar surface area (TPSA) is 62.2 Å². The van der Waals surface area contributed by atoms with Crippen LogP contribution in [0.15, 0.2) is 42.5 Å². The van der Waals surface area contributed by atoms with E-state index in [1.807, 2.05) is 42.5 Å². The summed E-state index contributed by atoms with van der Waals surface area (Å²) in [4.78, 5) is 16.2. The summed E-state index contributed by atoms with van der Waals surface area (Å²) in [6.07, 6.45) is -0.709. The number of aliphatic hydroxyl groups excluding tert-OH is 1. The number of alkyl halides is 1. The lowest BCUT2D eigenvalue weighted by Gasteiger charge is -2.07. The number of aliphatic hydroxyl groups is 1. The van der Waals surface area contributed by atoms with Gasteiger partial charge in [0.1, 0.15) is 6.17 Å². The predicted molar refractivity (Wildman–Crippen MR) is 92.6 cm³/mol. The summed E-state index contributed by atoms with van der Waals surface area (Å²) in [5.74, 6) is -0.823. The van der Waals surface area contributed by atoms with Crippen LogP contribution in [0.2, 0.25) is 0 Å². The van der Waals surface area contributed by atoms with Gasteiger partial charge in [0.05, 0.1) is 22.7 Å². The molecule has 0 radical (unpaired) electrons. The quantitative estimate of drug-likeness (QED) is 0.759. The number of hydrogen-bond acceptors (Lipinski definition) is 4. The van der Waals surface area contributed by atoms with Crippen LogP contribution in [0.3, 0.4) is 0 Å². The van der Waals surface area contributed by atoms with Gasteiger partial charge in [-0.15, -0.1) is 0 Å². The number of benzene rings is 2. The van der Waals surface area contributed by atoms with Gasteiger partial charge in [0.25, 0.3) is 0 Å². The summed E-state index contributed by atoms with van der Waals surface area (Å²) in [5, 5.41) is 12.7. The Hall–Kier alpha value is -2.31. The fraction of sp³-hybridized carbons (Fsp3) is 0.222. The Bertz CT molecular complexity index is 924. The van der Waals surface area contributed by atoms with Crippen LogP contribution < -0.4 is 5.32 Å². The molecule has 2 N–H and O–H groups in total. The Morgan fingerprint density at radius 2 is 2.12 bits per heavy atom. The van der Waals surface area contributed by atoms with E-state index in [1.54, 1.807) is 0 Å². The molecular weight excluding hydrogens is 327 g/mol. The van der Waals surface area contributed by atoms with Crippen molar-refractivity contribution in [2.24, 2.45) is 5.92 Å². The van der Waals surface area contributed by atoms with Crippen molar-refractivity contribution in [2.45, 2.75) is 19.2 Å². The molecule has 122 valence electrons. The molecule has 1 aliphatic carbocycles. The molecule has 0 saturated heterocycles. The summed E-state index contributed by atoms with van der Waals surface area (Å²) >= 11 is 1.37. The van der Waals surface area contributed by atoms with E-state index < -0.39 is 12.1 Å². The van der Waals surface area contributed by atoms with Gasteiger partial charge in [0.15, 0.2) is 5.13 Å². The van der Waals surface area contributed by atoms with Gasteiger partial charge in [0.2, 0.25) is 5.91 Å². The smallest absolute Gasteiger partial charge is 0.232 e. The third-order valence-corrected chi connectivity index (χ3v) is 5.10. The van der Waals surface area contributed by atoms with Gasteiger partial charge in [-0.3, -0.25) is 4.79 Å². The van der Waals surface area contributed by atoms with Crippen molar-refractivity contribution in [3.63, 3.8) is 0 Å². The molecule has 2 unspecified atom stereocenters. The first kappa shape index (κ1) is 15.2. The molecule has 0 bridgehead atoms. The zero-order valence-corrected chi connectivity index (χ0v) is 13.5. The normalized spacial score (nSPS) is 19.4. The summed E-state index contributed by atoms with van der Waals surface area (Å²) in [6, 6.07) is 13.5. The highest BCUT2D eigenvalue weighted by atomic mass is 32.1. The average Bonchev–Trinajstić information content (AvgIpc) is 3.20. The molecular formula is C18H15FN2O2S. The average molecular weight is 342 g/mol. The van der Waals surface area contributed by atoms with Crippen molar-refractivity contribution in [2.75, 3.05) is 5.32 Å². The van der Waals surface area contributed by atoms with E-state index in [2.05, 4.69) is 10.3 Å². The molecule has 1 saturated carbocycles. The number of anilines is 1. The molecule has 1 aromatic heterocycles. The number of hydrogen-bond donors (Lipinski definition) is 2. The number of thiazole rings is 1. The van der Waals surface area contributed by atoms with Crippen molar-refractivity contribution in [3.8, 4) is 11.1 Å². The number of halogens is 1. The summed E-state index contributed by atoms with van der Waals surface area (Å²) in [6.45, 7) is -0.0238. The monoisotopic (exact) mass is 342 g/mol. The van der Waals surface area contributed by atoms with Crippen LogP contribution in [-0.4, -0.2) is 22.2 Å². The number of nitrogens with one attached hydrogen (secondary N) is 1. The fourth-order valence-electron chi connectivity index (χ4n) is 2.72. The van der Waals surface area contributed by atoms with Gasteiger partial charge in [-0.25, -0.2) is 9.37 Å². The Labute approximate surface area is 142 Å². The van der Waals surface area contributed by atoms with Gasteiger partial charge in [0, 0.05) is 0 Å². The maximum atomic E-state index is 12.9. The third kappa shape index (κ3) is 2.79. The van der Waals surface area contributed by atoms with Crippen molar-refractivity contribution < 1.29 is 14.3 Å². The molecule has 4 nitrogen and oxygen atoms in total. The van der Waals surface area contributed by atoms with E-state index in [0.717, 1.165) is 26.9 Å². The largest absolute Gasteiger partial charge is 0.392 e. The summed E-state index contributed by atoms with van der Waals surface area (Å²) in [5.41, 5.74) is 3.60. The highest BCUT2D eigenvalue weighted by molar-refractivity contribution is 7.22. The molecule has 6 heteroatoms. The third-order valence-electron chi connectivity index (χ3n) is 4.17. The van der Waals surface area contributed by atoms with Crippen molar-refractivity contribution in [1.82, 2.24) is 4.98 Å². The van der Waals surface area contributed by atoms with E-state index in [-0.39, 0.29) is 12.5 Å². The lowest BCUT2D eigenvalue weighted by molar-refractivity contribution is -0.117. The second-order valence-corrected chi connectivity index (χ2v) is 6.89. The predicted octanol–water partition coefficient (Wildman–Crippen LogP) is 3.75. The Kier molecular flexibility index (Phi) is 3.78. The van der Waals surface area contributed by atoms with Crippen molar-refractivity contribution in [3.05, 3.63) is 48.0 Å². The standard InChI is InChI=1S/C18H15FN2O2S/c19-14-8-13(14)17(23)21-18-20-15-6-5-10(7-16(15)24-18)12-4-2-1-3-11(12)9-22/h1-7,13-14,22H,8-9H2,(H,20,21,23). The van der Waals surface area contributed by atoms with Crippen LogP contribution in [0.1, 0.15) is 12.0 Å². The number of amides is 1. The Morgan fingerprint density at radius 1 is 1.33 bits per heavy atom. The van der Waals surface area contributed by atoms with E-state index in [9.17, 15) is 14.3 Å². The number of fused-ring (bicyclic) bond motifs is 1. The van der Waals surface area contributed by atoms with Gasteiger partial charge >= 0.3 is 0 Å². The second-order valence-electron chi connectivity index (χ2n) is 5.86. The molecule has 24 heavy (non-hydrogen) atoms. The van der Waals surface area contributed by atoms with Crippen LogP contribution in [0.4, 0.5) is 9.52 Å². The molecule has 0 spiro atoms. The van der Waals surface area contributed by atoms with Crippen molar-refractivity contribution >= 4 is 32.6 Å². The van der Waals surface area contributed by atoms with E-state index in [0.29, 0.717) is 11.6 Å². The second kappa shape index (κ2) is 5.96. The molecule has 2 aromatic carbocycles. The molecule has 1 amide bonds. The lowest BCUT2D eigenvalue weighted by Crippen LogP contribution is -2.14. The highest BCUT2D eigenvalue weighted by Crippen LogP contribution is 2.36. The van der Waals surface area contributed by atoms with Crippen LogP contribution in [0, 0.1) is 5.92 Å². The van der Waals surface area contributed by atoms with Crippen molar-refractivity contribution in [1.29, 1.82) is 0 Å². The molecule has 1 aliphatic rings. The molecule has 4 rings (SSSR count). The lowest BCUT2D eigenvalue weighted by atomic mass is 10.0. The molecule has 1 fully saturated rings. The van der Waals surface area contributed by atoms with E-state index in [4.69, 9.17) is 0 Å². The number of carbonyl (C=O) groups is 1. The van der Waals surface area contributed by atoms with Crippen LogP contribution in [0.25, 0.3) is 21.3 Å². The van der Waals surface area contributed by atoms with Gasteiger partial charge in [-0.1, -0.05) is 41.7 Å². The Balaban J connectivity index is 1.65. The molecule has 1 heterocycles. The summed E-state index contributed by atoms with van der Waals surface area (Å²) < 4.78 is 13.9. The number of nitrogens with zero attached hydrogens (tertiary/aromatic N) is 1. The maximum absolute atomic E-state index is 12.9. The van der Waals surface area contributed by atoms with Gasteiger partial charge in [-0.05, 0) is 35.2 Å².